The van der Waals surface area contributed by atoms with E-state index in [4.69, 9.17) is 0 Å². The molecule has 0 atom stereocenters. The highest BCUT2D eigenvalue weighted by Crippen LogP contribution is 2.23. The van der Waals surface area contributed by atoms with E-state index in [9.17, 15) is 0 Å². The fourth-order valence-electron chi connectivity index (χ4n) is 3.20. The highest BCUT2D eigenvalue weighted by atomic mass is 15.3. The molecule has 2 aliphatic rings. The zero-order valence-corrected chi connectivity index (χ0v) is 11.0. The van der Waals surface area contributed by atoms with Crippen LogP contribution < -0.4 is 5.32 Å². The van der Waals surface area contributed by atoms with Crippen LogP contribution in [0.3, 0.4) is 0 Å². The molecular formula is C13H23N5. The summed E-state index contributed by atoms with van der Waals surface area (Å²) in [4.78, 5) is 6.68. The van der Waals surface area contributed by atoms with Crippen LogP contribution in [0.2, 0.25) is 0 Å². The van der Waals surface area contributed by atoms with Gasteiger partial charge in [-0.1, -0.05) is 0 Å². The van der Waals surface area contributed by atoms with Crippen LogP contribution >= 0.6 is 0 Å². The predicted molar refractivity (Wildman–Crippen MR) is 70.3 cm³/mol. The molecule has 3 rings (SSSR count). The van der Waals surface area contributed by atoms with E-state index in [1.165, 1.54) is 58.4 Å². The van der Waals surface area contributed by atoms with Gasteiger partial charge in [-0.15, -0.1) is 0 Å². The molecule has 0 aliphatic carbocycles. The van der Waals surface area contributed by atoms with Crippen LogP contribution in [-0.4, -0.2) is 52.4 Å². The van der Waals surface area contributed by atoms with Gasteiger partial charge >= 0.3 is 0 Å². The van der Waals surface area contributed by atoms with E-state index in [-0.39, 0.29) is 0 Å². The van der Waals surface area contributed by atoms with Crippen LogP contribution in [0.4, 0.5) is 0 Å². The summed E-state index contributed by atoms with van der Waals surface area (Å²) in [6.07, 6.45) is 8.63. The summed E-state index contributed by atoms with van der Waals surface area (Å²) in [5, 5.41) is 7.70. The molecule has 1 aromatic rings. The van der Waals surface area contributed by atoms with Crippen molar-refractivity contribution in [3.05, 3.63) is 12.7 Å². The molecule has 1 aromatic heterocycles. The van der Waals surface area contributed by atoms with Crippen molar-refractivity contribution < 1.29 is 0 Å². The van der Waals surface area contributed by atoms with Gasteiger partial charge in [0, 0.05) is 19.6 Å². The Labute approximate surface area is 109 Å². The van der Waals surface area contributed by atoms with Gasteiger partial charge in [0.1, 0.15) is 12.7 Å². The molecule has 3 heterocycles. The molecule has 0 bridgehead atoms. The Balaban J connectivity index is 1.45. The number of aromatic nitrogens is 3. The first kappa shape index (κ1) is 12.1. The zero-order chi connectivity index (χ0) is 12.2. The van der Waals surface area contributed by atoms with E-state index in [1.807, 2.05) is 11.0 Å². The summed E-state index contributed by atoms with van der Waals surface area (Å²) in [5.41, 5.74) is 0. The average molecular weight is 249 g/mol. The lowest BCUT2D eigenvalue weighted by molar-refractivity contribution is 0.146. The normalized spacial score (nSPS) is 24.4. The van der Waals surface area contributed by atoms with Crippen molar-refractivity contribution in [2.24, 2.45) is 5.92 Å². The molecule has 2 fully saturated rings. The molecule has 5 heteroatoms. The van der Waals surface area contributed by atoms with Gasteiger partial charge in [-0.05, 0) is 44.7 Å². The molecule has 0 aromatic carbocycles. The minimum absolute atomic E-state index is 0.566. The number of nitrogens with zero attached hydrogens (tertiary/aromatic N) is 4. The Hall–Kier alpha value is -0.940. The predicted octanol–water partition coefficient (Wildman–Crippen LogP) is 0.915. The summed E-state index contributed by atoms with van der Waals surface area (Å²) in [6.45, 7) is 6.15. The summed E-state index contributed by atoms with van der Waals surface area (Å²) in [6, 6.07) is 0.566. The van der Waals surface area contributed by atoms with Crippen LogP contribution in [0.15, 0.2) is 12.7 Å². The van der Waals surface area contributed by atoms with Gasteiger partial charge in [0.05, 0.1) is 6.04 Å². The van der Waals surface area contributed by atoms with Crippen molar-refractivity contribution in [3.63, 3.8) is 0 Å². The summed E-state index contributed by atoms with van der Waals surface area (Å²) in [5.74, 6) is 0.911. The second-order valence-electron chi connectivity index (χ2n) is 5.60. The molecule has 0 amide bonds. The number of nitrogens with one attached hydrogen (secondary N) is 1. The van der Waals surface area contributed by atoms with Gasteiger partial charge in [0.25, 0.3) is 0 Å². The number of likely N-dealkylation sites (tertiary alicyclic amines) is 1. The first-order valence-corrected chi connectivity index (χ1v) is 7.19. The molecule has 0 saturated carbocycles. The maximum absolute atomic E-state index is 4.26. The van der Waals surface area contributed by atoms with Gasteiger partial charge in [0.15, 0.2) is 0 Å². The van der Waals surface area contributed by atoms with E-state index in [0.29, 0.717) is 6.04 Å². The van der Waals surface area contributed by atoms with Gasteiger partial charge in [-0.2, -0.15) is 5.10 Å². The molecule has 0 radical (unpaired) electrons. The fraction of sp³-hybridized carbons (Fsp3) is 0.846. The third-order valence-corrected chi connectivity index (χ3v) is 4.34. The molecule has 5 nitrogen and oxygen atoms in total. The van der Waals surface area contributed by atoms with Crippen molar-refractivity contribution in [3.8, 4) is 0 Å². The molecule has 0 unspecified atom stereocenters. The van der Waals surface area contributed by atoms with E-state index >= 15 is 0 Å². The Morgan fingerprint density at radius 3 is 2.56 bits per heavy atom. The van der Waals surface area contributed by atoms with Crippen molar-refractivity contribution in [1.29, 1.82) is 0 Å². The molecule has 100 valence electrons. The fourth-order valence-corrected chi connectivity index (χ4v) is 3.20. The summed E-state index contributed by atoms with van der Waals surface area (Å²) >= 11 is 0. The number of piperidine rings is 2. The lowest BCUT2D eigenvalue weighted by Crippen LogP contribution is -2.40. The van der Waals surface area contributed by atoms with Crippen LogP contribution in [0.25, 0.3) is 0 Å². The molecule has 0 spiro atoms. The van der Waals surface area contributed by atoms with Crippen LogP contribution in [-0.2, 0) is 0 Å². The van der Waals surface area contributed by atoms with Crippen LogP contribution in [0, 0.1) is 5.92 Å². The SMILES string of the molecule is c1ncn(C2CCN(CC3CCNCC3)CC2)n1. The van der Waals surface area contributed by atoms with Crippen LogP contribution in [0.1, 0.15) is 31.7 Å². The highest BCUT2D eigenvalue weighted by Gasteiger charge is 2.23. The Kier molecular flexibility index (Phi) is 3.90. The minimum Gasteiger partial charge on any atom is -0.317 e. The number of hydrogen-bond donors (Lipinski definition) is 1. The van der Waals surface area contributed by atoms with Crippen molar-refractivity contribution in [2.45, 2.75) is 31.7 Å². The lowest BCUT2D eigenvalue weighted by Gasteiger charge is -2.35. The van der Waals surface area contributed by atoms with Gasteiger partial charge < -0.3 is 10.2 Å². The zero-order valence-electron chi connectivity index (χ0n) is 11.0. The van der Waals surface area contributed by atoms with Gasteiger partial charge in [-0.3, -0.25) is 0 Å². The van der Waals surface area contributed by atoms with Gasteiger partial charge in [-0.25, -0.2) is 9.67 Å². The second kappa shape index (κ2) is 5.80. The average Bonchev–Trinajstić information content (AvgIpc) is 2.95. The smallest absolute Gasteiger partial charge is 0.137 e. The maximum atomic E-state index is 4.26. The third-order valence-electron chi connectivity index (χ3n) is 4.34. The van der Waals surface area contributed by atoms with E-state index in [0.717, 1.165) is 5.92 Å². The minimum atomic E-state index is 0.566. The van der Waals surface area contributed by atoms with Crippen molar-refractivity contribution >= 4 is 0 Å². The first-order chi connectivity index (χ1) is 8.92. The quantitative estimate of drug-likeness (QED) is 0.865. The summed E-state index contributed by atoms with van der Waals surface area (Å²) in [7, 11) is 0. The van der Waals surface area contributed by atoms with Crippen molar-refractivity contribution in [1.82, 2.24) is 25.0 Å². The largest absolute Gasteiger partial charge is 0.317 e. The molecular weight excluding hydrogens is 226 g/mol. The topological polar surface area (TPSA) is 46.0 Å². The Bertz CT molecular complexity index is 336. The second-order valence-corrected chi connectivity index (χ2v) is 5.60. The molecule has 2 aliphatic heterocycles. The first-order valence-electron chi connectivity index (χ1n) is 7.19. The molecule has 18 heavy (non-hydrogen) atoms. The maximum Gasteiger partial charge on any atom is 0.137 e. The number of hydrogen-bond acceptors (Lipinski definition) is 4. The number of rotatable bonds is 3. The lowest BCUT2D eigenvalue weighted by atomic mass is 9.96. The van der Waals surface area contributed by atoms with E-state index in [2.05, 4.69) is 20.3 Å². The standard InChI is InChI=1S/C13H23N5/c1-5-14-6-2-12(1)9-17-7-3-13(4-8-17)18-11-15-10-16-18/h10-14H,1-9H2. The highest BCUT2D eigenvalue weighted by molar-refractivity contribution is 4.79. The van der Waals surface area contributed by atoms with Crippen LogP contribution in [0.5, 0.6) is 0 Å². The monoisotopic (exact) mass is 249 g/mol. The Morgan fingerprint density at radius 1 is 1.11 bits per heavy atom. The van der Waals surface area contributed by atoms with E-state index in [1.54, 1.807) is 6.33 Å². The third kappa shape index (κ3) is 2.90. The summed E-state index contributed by atoms with van der Waals surface area (Å²) < 4.78 is 2.03. The molecule has 2 saturated heterocycles. The van der Waals surface area contributed by atoms with Gasteiger partial charge in [0.2, 0.25) is 0 Å². The van der Waals surface area contributed by atoms with Crippen molar-refractivity contribution in [2.75, 3.05) is 32.7 Å². The molecule has 1 N–H and O–H groups in total. The Morgan fingerprint density at radius 2 is 1.89 bits per heavy atom. The van der Waals surface area contributed by atoms with E-state index < -0.39 is 0 Å².